The van der Waals surface area contributed by atoms with Crippen molar-refractivity contribution in [2.75, 3.05) is 20.1 Å². The van der Waals surface area contributed by atoms with E-state index in [0.29, 0.717) is 11.3 Å². The van der Waals surface area contributed by atoms with E-state index in [0.717, 1.165) is 36.2 Å². The highest BCUT2D eigenvalue weighted by molar-refractivity contribution is 6.30. The molecule has 0 saturated carbocycles. The minimum atomic E-state index is 0.492. The van der Waals surface area contributed by atoms with E-state index in [9.17, 15) is 0 Å². The van der Waals surface area contributed by atoms with Crippen LogP contribution in [0.25, 0.3) is 11.0 Å². The van der Waals surface area contributed by atoms with Crippen molar-refractivity contribution in [1.29, 1.82) is 0 Å². The molecule has 0 atom stereocenters. The summed E-state index contributed by atoms with van der Waals surface area (Å²) in [6.07, 6.45) is 0. The molecule has 2 rings (SSSR count). The van der Waals surface area contributed by atoms with E-state index in [1.165, 1.54) is 0 Å². The van der Waals surface area contributed by atoms with Crippen molar-refractivity contribution in [1.82, 2.24) is 10.2 Å². The normalized spacial score (nSPS) is 11.9. The molecule has 0 spiro atoms. The van der Waals surface area contributed by atoms with Gasteiger partial charge in [-0.15, -0.1) is 0 Å². The van der Waals surface area contributed by atoms with Crippen LogP contribution in [0.15, 0.2) is 28.7 Å². The number of nitrogens with zero attached hydrogens (tertiary/aromatic N) is 1. The molecule has 4 heteroatoms. The molecule has 0 saturated heterocycles. The highest BCUT2D eigenvalue weighted by atomic mass is 35.5. The van der Waals surface area contributed by atoms with Crippen LogP contribution in [0.2, 0.25) is 5.22 Å². The van der Waals surface area contributed by atoms with Gasteiger partial charge in [0, 0.05) is 36.6 Å². The third-order valence-corrected chi connectivity index (χ3v) is 3.78. The average Bonchev–Trinajstić information content (AvgIpc) is 2.70. The van der Waals surface area contributed by atoms with Crippen molar-refractivity contribution in [2.45, 2.75) is 26.4 Å². The fourth-order valence-electron chi connectivity index (χ4n) is 1.96. The Morgan fingerprint density at radius 3 is 2.79 bits per heavy atom. The van der Waals surface area contributed by atoms with Crippen LogP contribution in [-0.4, -0.2) is 31.1 Å². The fraction of sp³-hybridized carbons (Fsp3) is 0.467. The predicted molar refractivity (Wildman–Crippen MR) is 80.7 cm³/mol. The Labute approximate surface area is 119 Å². The van der Waals surface area contributed by atoms with Crippen LogP contribution >= 0.6 is 11.6 Å². The van der Waals surface area contributed by atoms with Gasteiger partial charge in [-0.25, -0.2) is 0 Å². The summed E-state index contributed by atoms with van der Waals surface area (Å²) in [7, 11) is 2.13. The van der Waals surface area contributed by atoms with E-state index >= 15 is 0 Å². The van der Waals surface area contributed by atoms with Crippen LogP contribution in [0.5, 0.6) is 0 Å². The number of benzene rings is 1. The predicted octanol–water partition coefficient (Wildman–Crippen LogP) is 3.52. The zero-order valence-corrected chi connectivity index (χ0v) is 12.5. The average molecular weight is 281 g/mol. The molecule has 0 fully saturated rings. The number of para-hydroxylation sites is 1. The summed E-state index contributed by atoms with van der Waals surface area (Å²) in [5.41, 5.74) is 1.90. The molecule has 0 aliphatic heterocycles. The second kappa shape index (κ2) is 6.42. The zero-order chi connectivity index (χ0) is 13.8. The first-order valence-corrected chi connectivity index (χ1v) is 7.04. The first-order chi connectivity index (χ1) is 9.09. The standard InChI is InChI=1S/C15H21ClN2O/c1-11(2)18(3)9-8-17-10-13-12-6-4-5-7-14(12)19-15(13)16/h4-7,11,17H,8-10H2,1-3H3. The van der Waals surface area contributed by atoms with Gasteiger partial charge in [0.25, 0.3) is 0 Å². The number of fused-ring (bicyclic) bond motifs is 1. The molecule has 3 nitrogen and oxygen atoms in total. The summed E-state index contributed by atoms with van der Waals surface area (Å²) >= 11 is 6.14. The Bertz CT molecular complexity index is 536. The van der Waals surface area contributed by atoms with Gasteiger partial charge >= 0.3 is 0 Å². The molecule has 0 aliphatic carbocycles. The molecule has 19 heavy (non-hydrogen) atoms. The quantitative estimate of drug-likeness (QED) is 0.821. The molecule has 1 aromatic carbocycles. The van der Waals surface area contributed by atoms with E-state index in [2.05, 4.69) is 31.1 Å². The fourth-order valence-corrected chi connectivity index (χ4v) is 2.21. The van der Waals surface area contributed by atoms with Crippen LogP contribution in [0.1, 0.15) is 19.4 Å². The number of hydrogen-bond donors (Lipinski definition) is 1. The highest BCUT2D eigenvalue weighted by Crippen LogP contribution is 2.29. The molecule has 0 unspecified atom stereocenters. The van der Waals surface area contributed by atoms with Crippen LogP contribution in [-0.2, 0) is 6.54 Å². The van der Waals surface area contributed by atoms with Crippen LogP contribution in [0.4, 0.5) is 0 Å². The molecule has 0 radical (unpaired) electrons. The number of furan rings is 1. The van der Waals surface area contributed by atoms with E-state index in [1.54, 1.807) is 0 Å². The summed E-state index contributed by atoms with van der Waals surface area (Å²) in [6.45, 7) is 7.08. The van der Waals surface area contributed by atoms with Crippen molar-refractivity contribution >= 4 is 22.6 Å². The summed E-state index contributed by atoms with van der Waals surface area (Å²) < 4.78 is 5.53. The van der Waals surface area contributed by atoms with Crippen molar-refractivity contribution < 1.29 is 4.42 Å². The minimum absolute atomic E-state index is 0.492. The summed E-state index contributed by atoms with van der Waals surface area (Å²) in [5, 5.41) is 5.01. The van der Waals surface area contributed by atoms with E-state index < -0.39 is 0 Å². The maximum absolute atomic E-state index is 6.14. The van der Waals surface area contributed by atoms with E-state index in [1.807, 2.05) is 24.3 Å². The maximum Gasteiger partial charge on any atom is 0.199 e. The lowest BCUT2D eigenvalue weighted by Gasteiger charge is -2.20. The highest BCUT2D eigenvalue weighted by Gasteiger charge is 2.11. The second-order valence-corrected chi connectivity index (χ2v) is 5.44. The molecular weight excluding hydrogens is 260 g/mol. The minimum Gasteiger partial charge on any atom is -0.444 e. The van der Waals surface area contributed by atoms with Gasteiger partial charge in [-0.05, 0) is 38.6 Å². The lowest BCUT2D eigenvalue weighted by atomic mass is 10.2. The SMILES string of the molecule is CC(C)N(C)CCNCc1c(Cl)oc2ccccc12. The molecular formula is C15H21ClN2O. The number of hydrogen-bond acceptors (Lipinski definition) is 3. The van der Waals surface area contributed by atoms with E-state index in [-0.39, 0.29) is 0 Å². The second-order valence-electron chi connectivity index (χ2n) is 5.10. The topological polar surface area (TPSA) is 28.4 Å². The van der Waals surface area contributed by atoms with Crippen LogP contribution in [0.3, 0.4) is 0 Å². The largest absolute Gasteiger partial charge is 0.444 e. The first-order valence-electron chi connectivity index (χ1n) is 6.66. The molecule has 1 aromatic heterocycles. The Balaban J connectivity index is 1.93. The Hall–Kier alpha value is -1.03. The molecule has 2 aromatic rings. The van der Waals surface area contributed by atoms with Crippen molar-refractivity contribution in [3.8, 4) is 0 Å². The first kappa shape index (κ1) is 14.4. The van der Waals surface area contributed by atoms with Gasteiger partial charge in [-0.3, -0.25) is 0 Å². The van der Waals surface area contributed by atoms with Crippen LogP contribution < -0.4 is 5.32 Å². The van der Waals surface area contributed by atoms with Crippen molar-refractivity contribution in [3.05, 3.63) is 35.0 Å². The molecule has 0 aliphatic rings. The zero-order valence-electron chi connectivity index (χ0n) is 11.7. The molecule has 0 bridgehead atoms. The maximum atomic E-state index is 6.14. The summed E-state index contributed by atoms with van der Waals surface area (Å²) in [4.78, 5) is 2.31. The van der Waals surface area contributed by atoms with Gasteiger partial charge in [0.1, 0.15) is 5.58 Å². The molecule has 1 N–H and O–H groups in total. The smallest absolute Gasteiger partial charge is 0.199 e. The van der Waals surface area contributed by atoms with Crippen LogP contribution in [0, 0.1) is 0 Å². The summed E-state index contributed by atoms with van der Waals surface area (Å²) in [6, 6.07) is 8.51. The van der Waals surface area contributed by atoms with Gasteiger partial charge in [-0.1, -0.05) is 18.2 Å². The van der Waals surface area contributed by atoms with Crippen molar-refractivity contribution in [3.63, 3.8) is 0 Å². The summed E-state index contributed by atoms with van der Waals surface area (Å²) in [5.74, 6) is 0. The number of nitrogens with one attached hydrogen (secondary N) is 1. The lowest BCUT2D eigenvalue weighted by Crippen LogP contribution is -2.33. The van der Waals surface area contributed by atoms with Gasteiger partial charge < -0.3 is 14.6 Å². The third kappa shape index (κ3) is 3.50. The number of halogens is 1. The van der Waals surface area contributed by atoms with Crippen molar-refractivity contribution in [2.24, 2.45) is 0 Å². The molecule has 1 heterocycles. The third-order valence-electron chi connectivity index (χ3n) is 3.47. The van der Waals surface area contributed by atoms with Gasteiger partial charge in [-0.2, -0.15) is 0 Å². The van der Waals surface area contributed by atoms with Gasteiger partial charge in [0.15, 0.2) is 5.22 Å². The number of likely N-dealkylation sites (N-methyl/N-ethyl adjacent to an activating group) is 1. The van der Waals surface area contributed by atoms with E-state index in [4.69, 9.17) is 16.0 Å². The monoisotopic (exact) mass is 280 g/mol. The number of rotatable bonds is 6. The van der Waals surface area contributed by atoms with Gasteiger partial charge in [0.2, 0.25) is 0 Å². The Morgan fingerprint density at radius 2 is 2.05 bits per heavy atom. The lowest BCUT2D eigenvalue weighted by molar-refractivity contribution is 0.273. The Morgan fingerprint density at radius 1 is 1.32 bits per heavy atom. The molecule has 104 valence electrons. The molecule has 0 amide bonds. The van der Waals surface area contributed by atoms with Gasteiger partial charge in [0.05, 0.1) is 0 Å². The Kier molecular flexibility index (Phi) is 4.86.